The van der Waals surface area contributed by atoms with Gasteiger partial charge in [-0.15, -0.1) is 0 Å². The van der Waals surface area contributed by atoms with E-state index in [4.69, 9.17) is 0 Å². The van der Waals surface area contributed by atoms with E-state index >= 15 is 0 Å². The van der Waals surface area contributed by atoms with Crippen molar-refractivity contribution in [3.8, 4) is 0 Å². The third-order valence-corrected chi connectivity index (χ3v) is 5.92. The Labute approximate surface area is 121 Å². The average molecular weight is 316 g/mol. The summed E-state index contributed by atoms with van der Waals surface area (Å²) in [6.07, 6.45) is 1.29. The molecular weight excluding hydrogens is 301 g/mol. The van der Waals surface area contributed by atoms with Crippen molar-refractivity contribution in [3.63, 3.8) is 0 Å². The van der Waals surface area contributed by atoms with Crippen molar-refractivity contribution in [1.82, 2.24) is 0 Å². The lowest BCUT2D eigenvalue weighted by molar-refractivity contribution is 0.00819. The standard InChI is InChI=1S/C14H14O2S.CHF3/c1-2-12-9-10-6-7-13-11(8-10)4-3-5-14(13)17(12,15)16;2-1(3)4/h3-8,12H,2,9H2,1H3;1H. The number of hydrogen-bond donors (Lipinski definition) is 0. The number of benzene rings is 2. The van der Waals surface area contributed by atoms with Crippen LogP contribution in [0.1, 0.15) is 18.9 Å². The van der Waals surface area contributed by atoms with Gasteiger partial charge in [0.05, 0.1) is 10.1 Å². The fraction of sp³-hybridized carbons (Fsp3) is 0.333. The summed E-state index contributed by atoms with van der Waals surface area (Å²) in [4.78, 5) is 0.494. The van der Waals surface area contributed by atoms with Crippen LogP contribution in [0.3, 0.4) is 0 Å². The van der Waals surface area contributed by atoms with E-state index in [9.17, 15) is 21.6 Å². The molecule has 0 amide bonds. The molecular formula is C15H15F3O2S. The number of halogens is 3. The van der Waals surface area contributed by atoms with Crippen LogP contribution in [0.15, 0.2) is 41.3 Å². The van der Waals surface area contributed by atoms with Crippen molar-refractivity contribution in [1.29, 1.82) is 0 Å². The Kier molecular flexibility index (Phi) is 4.56. The lowest BCUT2D eigenvalue weighted by Gasteiger charge is -2.21. The minimum Gasteiger partial charge on any atom is -0.223 e. The Bertz CT molecular complexity index is 739. The molecule has 0 spiro atoms. The minimum atomic E-state index is -3.67. The van der Waals surface area contributed by atoms with Gasteiger partial charge in [0.1, 0.15) is 0 Å². The molecule has 2 aliphatic heterocycles. The van der Waals surface area contributed by atoms with Crippen LogP contribution in [-0.2, 0) is 16.3 Å². The van der Waals surface area contributed by atoms with Crippen molar-refractivity contribution < 1.29 is 21.6 Å². The van der Waals surface area contributed by atoms with Crippen molar-refractivity contribution in [2.75, 3.05) is 0 Å². The minimum absolute atomic E-state index is 0.284. The number of rotatable bonds is 1. The van der Waals surface area contributed by atoms with E-state index in [1.54, 1.807) is 6.07 Å². The summed E-state index contributed by atoms with van der Waals surface area (Å²) in [6.45, 7) is -1.73. The Morgan fingerprint density at radius 2 is 1.86 bits per heavy atom. The molecule has 6 heteroatoms. The van der Waals surface area contributed by atoms with Crippen LogP contribution >= 0.6 is 0 Å². The monoisotopic (exact) mass is 316 g/mol. The van der Waals surface area contributed by atoms with Gasteiger partial charge in [-0.1, -0.05) is 37.3 Å². The first kappa shape index (κ1) is 15.8. The average Bonchev–Trinajstić information content (AvgIpc) is 2.42. The van der Waals surface area contributed by atoms with Gasteiger partial charge in [-0.2, -0.15) is 13.2 Å². The summed E-state index contributed by atoms with van der Waals surface area (Å²) < 4.78 is 54.0. The van der Waals surface area contributed by atoms with Gasteiger partial charge in [-0.3, -0.25) is 0 Å². The molecule has 2 aliphatic rings. The van der Waals surface area contributed by atoms with Crippen LogP contribution in [0, 0.1) is 0 Å². The van der Waals surface area contributed by atoms with Crippen LogP contribution < -0.4 is 0 Å². The molecule has 0 aliphatic carbocycles. The van der Waals surface area contributed by atoms with Gasteiger partial charge in [-0.05, 0) is 29.9 Å². The van der Waals surface area contributed by atoms with Crippen molar-refractivity contribution in [2.24, 2.45) is 0 Å². The molecule has 0 aromatic heterocycles. The predicted molar refractivity (Wildman–Crippen MR) is 76.0 cm³/mol. The quantitative estimate of drug-likeness (QED) is 0.793. The molecule has 114 valence electrons. The van der Waals surface area contributed by atoms with E-state index in [0.717, 1.165) is 16.3 Å². The first-order valence-electron chi connectivity index (χ1n) is 6.54. The van der Waals surface area contributed by atoms with E-state index in [0.29, 0.717) is 17.7 Å². The SMILES string of the molecule is CCC1Cc2ccc3c(cccc3c2)S1(=O)=O.FC(F)F. The molecule has 0 radical (unpaired) electrons. The van der Waals surface area contributed by atoms with Crippen LogP contribution in [0.4, 0.5) is 13.2 Å². The van der Waals surface area contributed by atoms with Crippen molar-refractivity contribution in [3.05, 3.63) is 42.0 Å². The van der Waals surface area contributed by atoms with Crippen LogP contribution in [0.5, 0.6) is 0 Å². The zero-order valence-electron chi connectivity index (χ0n) is 11.4. The molecule has 2 heterocycles. The summed E-state index contributed by atoms with van der Waals surface area (Å²) >= 11 is 0. The number of hydrogen-bond acceptors (Lipinski definition) is 2. The van der Waals surface area contributed by atoms with Gasteiger partial charge in [0.2, 0.25) is 0 Å². The van der Waals surface area contributed by atoms with E-state index in [1.807, 2.05) is 31.2 Å². The van der Waals surface area contributed by atoms with Gasteiger partial charge in [0, 0.05) is 5.39 Å². The molecule has 21 heavy (non-hydrogen) atoms. The molecule has 1 atom stereocenters. The lowest BCUT2D eigenvalue weighted by Crippen LogP contribution is -2.24. The van der Waals surface area contributed by atoms with Crippen molar-refractivity contribution in [2.45, 2.75) is 36.6 Å². The predicted octanol–water partition coefficient (Wildman–Crippen LogP) is 4.13. The second-order valence-corrected chi connectivity index (χ2v) is 7.03. The smallest absolute Gasteiger partial charge is 0.223 e. The molecule has 0 fully saturated rings. The largest absolute Gasteiger partial charge is 0.379 e. The Morgan fingerprint density at radius 3 is 2.48 bits per heavy atom. The summed E-state index contributed by atoms with van der Waals surface area (Å²) in [5.41, 5.74) is 1.12. The molecule has 0 saturated heterocycles. The zero-order valence-corrected chi connectivity index (χ0v) is 12.2. The molecule has 4 bridgehead atoms. The first-order valence-corrected chi connectivity index (χ1v) is 8.08. The second-order valence-electron chi connectivity index (χ2n) is 4.84. The highest BCUT2D eigenvalue weighted by molar-refractivity contribution is 7.92. The van der Waals surface area contributed by atoms with Gasteiger partial charge >= 0.3 is 6.68 Å². The first-order chi connectivity index (χ1) is 9.86. The normalized spacial score (nSPS) is 19.2. The topological polar surface area (TPSA) is 34.1 Å². The fourth-order valence-corrected chi connectivity index (χ4v) is 4.56. The highest BCUT2D eigenvalue weighted by Gasteiger charge is 2.29. The van der Waals surface area contributed by atoms with E-state index in [-0.39, 0.29) is 5.25 Å². The maximum Gasteiger partial charge on any atom is 0.379 e. The van der Waals surface area contributed by atoms with E-state index < -0.39 is 16.5 Å². The molecule has 2 aromatic carbocycles. The van der Waals surface area contributed by atoms with E-state index in [2.05, 4.69) is 6.07 Å². The summed E-state index contributed by atoms with van der Waals surface area (Å²) in [6, 6.07) is 11.6. The summed E-state index contributed by atoms with van der Waals surface area (Å²) in [7, 11) is -3.18. The third-order valence-electron chi connectivity index (χ3n) is 3.57. The molecule has 1 unspecified atom stereocenters. The number of alkyl halides is 3. The molecule has 0 N–H and O–H groups in total. The van der Waals surface area contributed by atoms with Gasteiger partial charge < -0.3 is 0 Å². The molecule has 2 nitrogen and oxygen atoms in total. The zero-order chi connectivity index (χ0) is 15.6. The second kappa shape index (κ2) is 6.05. The van der Waals surface area contributed by atoms with E-state index in [1.165, 1.54) is 0 Å². The Morgan fingerprint density at radius 1 is 1.19 bits per heavy atom. The maximum absolute atomic E-state index is 12.5. The fourth-order valence-electron chi connectivity index (χ4n) is 2.59. The van der Waals surface area contributed by atoms with Gasteiger partial charge in [0.15, 0.2) is 9.84 Å². The molecule has 2 aromatic rings. The number of sulfone groups is 1. The van der Waals surface area contributed by atoms with Crippen molar-refractivity contribution >= 4 is 20.6 Å². The lowest BCUT2D eigenvalue weighted by atomic mass is 10.0. The number of fused-ring (bicyclic) bond motifs is 3. The van der Waals surface area contributed by atoms with Crippen LogP contribution in [0.25, 0.3) is 10.8 Å². The Hall–Kier alpha value is -1.56. The summed E-state index contributed by atoms with van der Waals surface area (Å²) in [5.74, 6) is 0. The Balaban J connectivity index is 0.000000361. The third kappa shape index (κ3) is 3.20. The summed E-state index contributed by atoms with van der Waals surface area (Å²) in [5, 5.41) is 1.60. The van der Waals surface area contributed by atoms with Crippen LogP contribution in [0.2, 0.25) is 0 Å². The van der Waals surface area contributed by atoms with Crippen LogP contribution in [-0.4, -0.2) is 20.3 Å². The maximum atomic E-state index is 12.5. The highest BCUT2D eigenvalue weighted by atomic mass is 32.2. The van der Waals surface area contributed by atoms with Gasteiger partial charge in [0.25, 0.3) is 0 Å². The highest BCUT2D eigenvalue weighted by Crippen LogP contribution is 2.32. The molecule has 0 saturated carbocycles. The molecule has 4 rings (SSSR count). The van der Waals surface area contributed by atoms with Gasteiger partial charge in [-0.25, -0.2) is 8.42 Å².